The maximum absolute atomic E-state index is 11.2. The number of hydrogen-bond donors (Lipinski definition) is 1. The molecule has 0 bridgehead atoms. The third-order valence-corrected chi connectivity index (χ3v) is 2.31. The normalized spacial score (nSPS) is 11.0. The van der Waals surface area contributed by atoms with Crippen LogP contribution in [0.2, 0.25) is 0 Å². The summed E-state index contributed by atoms with van der Waals surface area (Å²) in [7, 11) is 1.66. The number of aromatic nitrogens is 1. The van der Waals surface area contributed by atoms with Crippen LogP contribution in [-0.2, 0) is 7.05 Å². The molecule has 1 aromatic heterocycles. The fourth-order valence-electron chi connectivity index (χ4n) is 0.791. The Balaban J connectivity index is 3.16. The summed E-state index contributed by atoms with van der Waals surface area (Å²) in [5, 5.41) is 0. The van der Waals surface area contributed by atoms with Gasteiger partial charge in [-0.3, -0.25) is 4.79 Å². The second kappa shape index (κ2) is 4.59. The monoisotopic (exact) mass is 262 g/mol. The first-order chi connectivity index (χ1) is 6.15. The van der Waals surface area contributed by atoms with E-state index in [1.54, 1.807) is 13.2 Å². The van der Waals surface area contributed by atoms with Crippen LogP contribution >= 0.6 is 28.2 Å². The molecule has 1 aromatic rings. The fraction of sp³-hybridized carbons (Fsp3) is 0.143. The molecule has 0 spiro atoms. The number of hydrogen-bond acceptors (Lipinski definition) is 4. The van der Waals surface area contributed by atoms with Crippen molar-refractivity contribution in [1.82, 2.24) is 4.57 Å². The second-order valence-electron chi connectivity index (χ2n) is 2.34. The fourth-order valence-corrected chi connectivity index (χ4v) is 1.48. The lowest BCUT2D eigenvalue weighted by Crippen LogP contribution is -2.15. The molecule has 0 aliphatic heterocycles. The van der Waals surface area contributed by atoms with Gasteiger partial charge in [0.15, 0.2) is 0 Å². The van der Waals surface area contributed by atoms with E-state index in [0.29, 0.717) is 17.8 Å². The highest BCUT2D eigenvalue weighted by Crippen LogP contribution is 2.12. The van der Waals surface area contributed by atoms with Gasteiger partial charge in [-0.2, -0.15) is 4.40 Å². The van der Waals surface area contributed by atoms with E-state index in [1.165, 1.54) is 16.8 Å². The molecule has 0 amide bonds. The van der Waals surface area contributed by atoms with Crippen LogP contribution in [-0.4, -0.2) is 15.3 Å². The molecule has 6 heteroatoms. The standard InChI is InChI=1S/C7H7BrN2O2S/c1-10-4-6(8)5(2-7(10)11)3-9-13-12/h2-4,12H,1H3/b9-3+. The van der Waals surface area contributed by atoms with Gasteiger partial charge in [0.05, 0.1) is 0 Å². The predicted octanol–water partition coefficient (Wildman–Crippen LogP) is 1.69. The summed E-state index contributed by atoms with van der Waals surface area (Å²) in [6, 6.07) is 1.43. The average Bonchev–Trinajstić information content (AvgIpc) is 2.09. The summed E-state index contributed by atoms with van der Waals surface area (Å²) in [6.45, 7) is 0. The Morgan fingerprint density at radius 1 is 1.77 bits per heavy atom. The van der Waals surface area contributed by atoms with Crippen molar-refractivity contribution in [3.05, 3.63) is 32.7 Å². The highest BCUT2D eigenvalue weighted by Gasteiger charge is 1.99. The highest BCUT2D eigenvalue weighted by atomic mass is 79.9. The van der Waals surface area contributed by atoms with E-state index in [1.807, 2.05) is 0 Å². The van der Waals surface area contributed by atoms with Gasteiger partial charge < -0.3 is 9.12 Å². The zero-order valence-corrected chi connectivity index (χ0v) is 9.17. The molecule has 0 aromatic carbocycles. The van der Waals surface area contributed by atoms with E-state index in [4.69, 9.17) is 4.55 Å². The Morgan fingerprint density at radius 2 is 2.46 bits per heavy atom. The first-order valence-electron chi connectivity index (χ1n) is 3.35. The van der Waals surface area contributed by atoms with Crippen molar-refractivity contribution in [2.24, 2.45) is 11.4 Å². The van der Waals surface area contributed by atoms with Crippen molar-refractivity contribution in [1.29, 1.82) is 0 Å². The first-order valence-corrected chi connectivity index (χ1v) is 4.87. The van der Waals surface area contributed by atoms with Gasteiger partial charge in [0.2, 0.25) is 0 Å². The second-order valence-corrected chi connectivity index (χ2v) is 3.57. The van der Waals surface area contributed by atoms with Gasteiger partial charge in [-0.25, -0.2) is 0 Å². The van der Waals surface area contributed by atoms with Crippen molar-refractivity contribution < 1.29 is 4.55 Å². The SMILES string of the molecule is Cn1cc(Br)c(/C=N/SO)cc1=O. The molecular formula is C7H7BrN2O2S. The summed E-state index contributed by atoms with van der Waals surface area (Å²) in [5.74, 6) is 0. The number of rotatable bonds is 2. The third-order valence-electron chi connectivity index (χ3n) is 1.45. The van der Waals surface area contributed by atoms with E-state index in [2.05, 4.69) is 20.3 Å². The zero-order chi connectivity index (χ0) is 9.84. The molecule has 0 aliphatic carbocycles. The molecule has 4 nitrogen and oxygen atoms in total. The highest BCUT2D eigenvalue weighted by molar-refractivity contribution is 9.10. The molecule has 0 aliphatic rings. The van der Waals surface area contributed by atoms with Crippen molar-refractivity contribution in [3.63, 3.8) is 0 Å². The molecule has 1 N–H and O–H groups in total. The Labute approximate surface area is 87.8 Å². The topological polar surface area (TPSA) is 54.6 Å². The number of aryl methyl sites for hydroxylation is 1. The van der Waals surface area contributed by atoms with Crippen LogP contribution in [0.15, 0.2) is 25.9 Å². The van der Waals surface area contributed by atoms with Crippen LogP contribution in [0.4, 0.5) is 0 Å². The Bertz CT molecular complexity index is 389. The van der Waals surface area contributed by atoms with Crippen molar-refractivity contribution in [3.8, 4) is 0 Å². The molecule has 1 rings (SSSR count). The first kappa shape index (κ1) is 10.5. The van der Waals surface area contributed by atoms with E-state index in [0.717, 1.165) is 4.47 Å². The summed E-state index contributed by atoms with van der Waals surface area (Å²) < 4.78 is 14.1. The van der Waals surface area contributed by atoms with Crippen molar-refractivity contribution in [2.45, 2.75) is 0 Å². The molecule has 0 radical (unpaired) electrons. The molecule has 0 saturated carbocycles. The van der Waals surface area contributed by atoms with Crippen LogP contribution in [0.5, 0.6) is 0 Å². The smallest absolute Gasteiger partial charge is 0.250 e. The van der Waals surface area contributed by atoms with Gasteiger partial charge in [-0.05, 0) is 15.9 Å². The van der Waals surface area contributed by atoms with Crippen LogP contribution in [0, 0.1) is 0 Å². The summed E-state index contributed by atoms with van der Waals surface area (Å²) >= 11 is 3.62. The number of halogens is 1. The number of pyridine rings is 1. The molecule has 13 heavy (non-hydrogen) atoms. The van der Waals surface area contributed by atoms with E-state index >= 15 is 0 Å². The van der Waals surface area contributed by atoms with E-state index < -0.39 is 0 Å². The van der Waals surface area contributed by atoms with Crippen LogP contribution in [0.1, 0.15) is 5.56 Å². The average molecular weight is 263 g/mol. The molecular weight excluding hydrogens is 256 g/mol. The van der Waals surface area contributed by atoms with Crippen LogP contribution < -0.4 is 5.56 Å². The maximum atomic E-state index is 11.2. The molecule has 1 heterocycles. The Kier molecular flexibility index (Phi) is 3.71. The minimum Gasteiger partial charge on any atom is -0.317 e. The lowest BCUT2D eigenvalue weighted by atomic mass is 10.3. The quantitative estimate of drug-likeness (QED) is 0.502. The Hall–Kier alpha value is -0.590. The van der Waals surface area contributed by atoms with Gasteiger partial charge in [0.1, 0.15) is 12.2 Å². The van der Waals surface area contributed by atoms with Crippen LogP contribution in [0.3, 0.4) is 0 Å². The summed E-state index contributed by atoms with van der Waals surface area (Å²) in [4.78, 5) is 11.2. The minimum absolute atomic E-state index is 0.118. The molecule has 0 atom stereocenters. The minimum atomic E-state index is -0.118. The Morgan fingerprint density at radius 3 is 3.08 bits per heavy atom. The predicted molar refractivity (Wildman–Crippen MR) is 57.2 cm³/mol. The van der Waals surface area contributed by atoms with Crippen molar-refractivity contribution in [2.75, 3.05) is 0 Å². The lowest BCUT2D eigenvalue weighted by molar-refractivity contribution is 0.666. The van der Waals surface area contributed by atoms with Gasteiger partial charge in [-0.15, -0.1) is 0 Å². The maximum Gasteiger partial charge on any atom is 0.250 e. The van der Waals surface area contributed by atoms with Gasteiger partial charge >= 0.3 is 0 Å². The van der Waals surface area contributed by atoms with E-state index in [-0.39, 0.29) is 5.56 Å². The van der Waals surface area contributed by atoms with Gasteiger partial charge in [0, 0.05) is 35.6 Å². The van der Waals surface area contributed by atoms with E-state index in [9.17, 15) is 4.79 Å². The zero-order valence-electron chi connectivity index (χ0n) is 6.77. The molecule has 0 fully saturated rings. The molecule has 0 unspecified atom stereocenters. The third kappa shape index (κ3) is 2.68. The summed E-state index contributed by atoms with van der Waals surface area (Å²) in [5.41, 5.74) is 0.525. The molecule has 70 valence electrons. The van der Waals surface area contributed by atoms with Gasteiger partial charge in [-0.1, -0.05) is 0 Å². The lowest BCUT2D eigenvalue weighted by Gasteiger charge is -2.00. The largest absolute Gasteiger partial charge is 0.317 e. The van der Waals surface area contributed by atoms with Crippen LogP contribution in [0.25, 0.3) is 0 Å². The summed E-state index contributed by atoms with van der Waals surface area (Å²) in [6.07, 6.45) is 3.06. The molecule has 0 saturated heterocycles. The van der Waals surface area contributed by atoms with Gasteiger partial charge in [0.25, 0.3) is 5.56 Å². The number of nitrogens with zero attached hydrogens (tertiary/aromatic N) is 2. The van der Waals surface area contributed by atoms with Crippen molar-refractivity contribution >= 4 is 34.4 Å².